The van der Waals surface area contributed by atoms with Crippen LogP contribution in [0.5, 0.6) is 0 Å². The van der Waals surface area contributed by atoms with Gasteiger partial charge >= 0.3 is 0 Å². The molecule has 2 nitrogen and oxygen atoms in total. The molecule has 3 heterocycles. The highest BCUT2D eigenvalue weighted by Gasteiger charge is 2.31. The molecule has 0 amide bonds. The first-order valence-electron chi connectivity index (χ1n) is 6.55. The second-order valence-electron chi connectivity index (χ2n) is 4.80. The Morgan fingerprint density at radius 3 is 3.05 bits per heavy atom. The number of allylic oxidation sites excluding steroid dienone is 1. The number of thioether (sulfide) groups is 2. The molecule has 2 aromatic rings. The van der Waals surface area contributed by atoms with Crippen LogP contribution in [-0.4, -0.2) is 29.4 Å². The van der Waals surface area contributed by atoms with E-state index in [0.717, 1.165) is 13.1 Å². The van der Waals surface area contributed by atoms with Gasteiger partial charge in [0.15, 0.2) is 5.17 Å². The van der Waals surface area contributed by atoms with Gasteiger partial charge in [0.2, 0.25) is 0 Å². The monoisotopic (exact) mass is 318 g/mol. The summed E-state index contributed by atoms with van der Waals surface area (Å²) in [5.41, 5.74) is 2.72. The van der Waals surface area contributed by atoms with Crippen LogP contribution in [0, 0.1) is 0 Å². The van der Waals surface area contributed by atoms with Crippen molar-refractivity contribution < 1.29 is 0 Å². The number of hydrogen-bond donors (Lipinski definition) is 0. The Balaban J connectivity index is 1.93. The van der Waals surface area contributed by atoms with E-state index in [1.165, 1.54) is 36.3 Å². The van der Waals surface area contributed by atoms with Crippen molar-refractivity contribution >= 4 is 55.8 Å². The van der Waals surface area contributed by atoms with Crippen LogP contribution < -0.4 is 0 Å². The lowest BCUT2D eigenvalue weighted by atomic mass is 10.1. The maximum atomic E-state index is 4.59. The molecule has 102 valence electrons. The molecule has 0 aliphatic carbocycles. The summed E-state index contributed by atoms with van der Waals surface area (Å²) >= 11 is 5.48. The molecule has 0 spiro atoms. The summed E-state index contributed by atoms with van der Waals surface area (Å²) in [5, 5.41) is 4.75. The van der Waals surface area contributed by atoms with Crippen molar-refractivity contribution in [1.82, 2.24) is 4.90 Å². The molecule has 0 radical (unpaired) electrons. The quantitative estimate of drug-likeness (QED) is 0.744. The van der Waals surface area contributed by atoms with Gasteiger partial charge in [-0.3, -0.25) is 4.99 Å². The number of fused-ring (bicyclic) bond motifs is 2. The molecule has 0 fully saturated rings. The number of aliphatic imine (C=N–C) groups is 1. The first kappa shape index (κ1) is 12.8. The van der Waals surface area contributed by atoms with Gasteiger partial charge in [0.25, 0.3) is 0 Å². The zero-order chi connectivity index (χ0) is 13.7. The predicted molar refractivity (Wildman–Crippen MR) is 92.8 cm³/mol. The molecule has 0 unspecified atom stereocenters. The van der Waals surface area contributed by atoms with Crippen LogP contribution in [0.1, 0.15) is 12.5 Å². The van der Waals surface area contributed by atoms with E-state index < -0.39 is 0 Å². The molecule has 0 saturated carbocycles. The van der Waals surface area contributed by atoms with E-state index in [9.17, 15) is 0 Å². The van der Waals surface area contributed by atoms with Crippen LogP contribution >= 0.6 is 34.9 Å². The highest BCUT2D eigenvalue weighted by Crippen LogP contribution is 2.45. The van der Waals surface area contributed by atoms with Crippen LogP contribution in [0.3, 0.4) is 0 Å². The van der Waals surface area contributed by atoms with Crippen LogP contribution in [-0.2, 0) is 0 Å². The largest absolute Gasteiger partial charge is 0.318 e. The maximum absolute atomic E-state index is 4.59. The van der Waals surface area contributed by atoms with Crippen molar-refractivity contribution in [3.05, 3.63) is 34.0 Å². The molecule has 2 aliphatic heterocycles. The van der Waals surface area contributed by atoms with Gasteiger partial charge in [0.05, 0.1) is 12.2 Å². The second kappa shape index (κ2) is 4.83. The van der Waals surface area contributed by atoms with Crippen LogP contribution in [0.25, 0.3) is 15.8 Å². The molecular weight excluding hydrogens is 304 g/mol. The van der Waals surface area contributed by atoms with E-state index in [4.69, 9.17) is 0 Å². The van der Waals surface area contributed by atoms with Crippen LogP contribution in [0.2, 0.25) is 0 Å². The number of thiophene rings is 1. The Morgan fingerprint density at radius 2 is 2.20 bits per heavy atom. The lowest BCUT2D eigenvalue weighted by Crippen LogP contribution is -2.20. The zero-order valence-electron chi connectivity index (χ0n) is 11.3. The van der Waals surface area contributed by atoms with Crippen LogP contribution in [0.15, 0.2) is 38.4 Å². The van der Waals surface area contributed by atoms with Crippen LogP contribution in [0.4, 0.5) is 0 Å². The molecule has 0 atom stereocenters. The Bertz CT molecular complexity index is 758. The third kappa shape index (κ3) is 1.76. The number of benzene rings is 1. The third-order valence-electron chi connectivity index (χ3n) is 3.70. The fraction of sp³-hybridized carbons (Fsp3) is 0.267. The third-order valence-corrected chi connectivity index (χ3v) is 6.59. The van der Waals surface area contributed by atoms with E-state index in [-0.39, 0.29) is 0 Å². The van der Waals surface area contributed by atoms with Gasteiger partial charge < -0.3 is 4.90 Å². The lowest BCUT2D eigenvalue weighted by Gasteiger charge is -2.18. The van der Waals surface area contributed by atoms with Crippen molar-refractivity contribution in [3.63, 3.8) is 0 Å². The van der Waals surface area contributed by atoms with E-state index in [1.54, 1.807) is 0 Å². The maximum Gasteiger partial charge on any atom is 0.168 e. The van der Waals surface area contributed by atoms with Gasteiger partial charge in [-0.1, -0.05) is 17.8 Å². The smallest absolute Gasteiger partial charge is 0.168 e. The molecule has 0 N–H and O–H groups in total. The summed E-state index contributed by atoms with van der Waals surface area (Å²) in [6, 6.07) is 6.79. The zero-order valence-corrected chi connectivity index (χ0v) is 13.8. The topological polar surface area (TPSA) is 15.6 Å². The number of nitrogens with zero attached hydrogens (tertiary/aromatic N) is 2. The van der Waals surface area contributed by atoms with Crippen molar-refractivity contribution in [2.24, 2.45) is 4.99 Å². The lowest BCUT2D eigenvalue weighted by molar-refractivity contribution is 0.648. The molecule has 2 aliphatic rings. The van der Waals surface area contributed by atoms with Gasteiger partial charge in [-0.05, 0) is 30.7 Å². The minimum absolute atomic E-state index is 0.925. The summed E-state index contributed by atoms with van der Waals surface area (Å²) in [6.45, 7) is 4.15. The van der Waals surface area contributed by atoms with Crippen molar-refractivity contribution in [1.29, 1.82) is 0 Å². The number of amidine groups is 1. The molecule has 20 heavy (non-hydrogen) atoms. The standard InChI is InChI=1S/C15H14N2S3/c1-9-13(17-7-6-16-15(17)20-9)10-3-4-12(18-2)14-11(10)5-8-19-14/h3-5,8H,6-7H2,1-2H3. The highest BCUT2D eigenvalue weighted by molar-refractivity contribution is 8.17. The predicted octanol–water partition coefficient (Wildman–Crippen LogP) is 4.73. The average molecular weight is 318 g/mol. The minimum Gasteiger partial charge on any atom is -0.318 e. The summed E-state index contributed by atoms with van der Waals surface area (Å²) in [7, 11) is 0. The molecule has 1 aromatic carbocycles. The van der Waals surface area contributed by atoms with Crippen molar-refractivity contribution in [2.75, 3.05) is 19.3 Å². The summed E-state index contributed by atoms with van der Waals surface area (Å²) in [5.74, 6) is 0. The van der Waals surface area contributed by atoms with Gasteiger partial charge in [0, 0.05) is 32.0 Å². The van der Waals surface area contributed by atoms with E-state index in [0.29, 0.717) is 0 Å². The van der Waals surface area contributed by atoms with Gasteiger partial charge in [-0.25, -0.2) is 0 Å². The van der Waals surface area contributed by atoms with Crippen molar-refractivity contribution in [3.8, 4) is 0 Å². The Labute approximate surface area is 131 Å². The molecular formula is C15H14N2S3. The SMILES string of the molecule is CSc1ccc(C2=C(C)SC3=NCCN32)c2ccsc12. The van der Waals surface area contributed by atoms with Crippen molar-refractivity contribution in [2.45, 2.75) is 11.8 Å². The summed E-state index contributed by atoms with van der Waals surface area (Å²) < 4.78 is 1.41. The molecule has 0 saturated heterocycles. The molecule has 0 bridgehead atoms. The van der Waals surface area contributed by atoms with Gasteiger partial charge in [0.1, 0.15) is 0 Å². The van der Waals surface area contributed by atoms with E-state index in [1.807, 2.05) is 34.9 Å². The summed E-state index contributed by atoms with van der Waals surface area (Å²) in [6.07, 6.45) is 2.15. The molecule has 4 rings (SSSR count). The molecule has 5 heteroatoms. The average Bonchev–Trinajstić information content (AvgIpc) is 3.12. The number of rotatable bonds is 2. The second-order valence-corrected chi connectivity index (χ2v) is 7.75. The fourth-order valence-corrected chi connectivity index (χ4v) is 5.60. The Kier molecular flexibility index (Phi) is 3.09. The Hall–Kier alpha value is -0.910. The Morgan fingerprint density at radius 1 is 1.30 bits per heavy atom. The first-order valence-corrected chi connectivity index (χ1v) is 9.47. The normalized spacial score (nSPS) is 18.1. The first-order chi connectivity index (χ1) is 9.79. The fourth-order valence-electron chi connectivity index (χ4n) is 2.84. The van der Waals surface area contributed by atoms with Gasteiger partial charge in [-0.2, -0.15) is 0 Å². The molecule has 1 aromatic heterocycles. The van der Waals surface area contributed by atoms with Gasteiger partial charge in [-0.15, -0.1) is 23.1 Å². The highest BCUT2D eigenvalue weighted by atomic mass is 32.2. The number of hydrogen-bond acceptors (Lipinski definition) is 5. The summed E-state index contributed by atoms with van der Waals surface area (Å²) in [4.78, 5) is 9.71. The van der Waals surface area contributed by atoms with E-state index in [2.05, 4.69) is 46.7 Å². The minimum atomic E-state index is 0.925. The van der Waals surface area contributed by atoms with E-state index >= 15 is 0 Å².